The Morgan fingerprint density at radius 3 is 2.36 bits per heavy atom. The van der Waals surface area contributed by atoms with Gasteiger partial charge >= 0.3 is 5.97 Å². The smallest absolute Gasteiger partial charge is 0.307 e. The van der Waals surface area contributed by atoms with Crippen LogP contribution in [0.2, 0.25) is 0 Å². The highest BCUT2D eigenvalue weighted by atomic mass is 35.5. The van der Waals surface area contributed by atoms with Gasteiger partial charge in [0.2, 0.25) is 0 Å². The highest BCUT2D eigenvalue weighted by molar-refractivity contribution is 5.70. The van der Waals surface area contributed by atoms with Crippen molar-refractivity contribution in [1.82, 2.24) is 4.90 Å². The van der Waals surface area contributed by atoms with Gasteiger partial charge in [0.1, 0.15) is 18.1 Å². The summed E-state index contributed by atoms with van der Waals surface area (Å²) >= 11 is 0. The van der Waals surface area contributed by atoms with Gasteiger partial charge in [-0.15, -0.1) is 0 Å². The van der Waals surface area contributed by atoms with Gasteiger partial charge in [-0.05, 0) is 31.3 Å². The molecule has 5 nitrogen and oxygen atoms in total. The molecule has 1 saturated heterocycles. The van der Waals surface area contributed by atoms with Gasteiger partial charge in [-0.1, -0.05) is 18.8 Å². The first kappa shape index (κ1) is 21.1. The van der Waals surface area contributed by atoms with Crippen LogP contribution in [0.15, 0.2) is 24.3 Å². The van der Waals surface area contributed by atoms with Gasteiger partial charge in [-0.25, -0.2) is 0 Å². The average Bonchev–Trinajstić information content (AvgIpc) is 2.62. The number of benzene rings is 1. The molecule has 0 aromatic heterocycles. The normalized spacial score (nSPS) is 16.0. The molecule has 2 rings (SSSR count). The molecular weight excluding hydrogens is 342 g/mol. The topological polar surface area (TPSA) is 48.0 Å². The molecule has 0 N–H and O–H groups in total. The minimum Gasteiger partial charge on any atom is -1.00 e. The highest BCUT2D eigenvalue weighted by Crippen LogP contribution is 2.26. The molecule has 6 heteroatoms. The van der Waals surface area contributed by atoms with Crippen LogP contribution in [-0.4, -0.2) is 50.3 Å². The molecular formula is C19H25ClNO4-. The summed E-state index contributed by atoms with van der Waals surface area (Å²) < 4.78 is 16.4. The second kappa shape index (κ2) is 10.2. The molecule has 1 fully saturated rings. The molecule has 0 radical (unpaired) electrons. The molecule has 0 aliphatic carbocycles. The lowest BCUT2D eigenvalue weighted by Crippen LogP contribution is -3.00. The number of piperidine rings is 1. The number of likely N-dealkylation sites (tertiary alicyclic amines) is 1. The molecule has 0 unspecified atom stereocenters. The van der Waals surface area contributed by atoms with Crippen LogP contribution in [0.4, 0.5) is 0 Å². The van der Waals surface area contributed by atoms with E-state index in [9.17, 15) is 4.79 Å². The Kier molecular flexibility index (Phi) is 8.60. The summed E-state index contributed by atoms with van der Waals surface area (Å²) in [4.78, 5) is 14.0. The molecule has 0 saturated carbocycles. The zero-order valence-corrected chi connectivity index (χ0v) is 15.8. The Labute approximate surface area is 156 Å². The van der Waals surface area contributed by atoms with Crippen molar-refractivity contribution >= 4 is 5.97 Å². The van der Waals surface area contributed by atoms with Crippen molar-refractivity contribution in [1.29, 1.82) is 0 Å². The van der Waals surface area contributed by atoms with Crippen molar-refractivity contribution in [2.75, 3.05) is 33.9 Å². The number of esters is 1. The molecule has 0 bridgehead atoms. The SMILES string of the molecule is CCC(=O)OC1(C#CCOc2ccc(OC)cc2)CCN(C)CC1.[Cl-]. The molecule has 0 atom stereocenters. The molecule has 0 spiro atoms. The fourth-order valence-electron chi connectivity index (χ4n) is 2.51. The Hall–Kier alpha value is -1.90. The molecule has 1 aliphatic rings. The quantitative estimate of drug-likeness (QED) is 0.519. The standard InChI is InChI=1S/C19H25NO4.ClH/c1-4-18(21)24-19(11-13-20(2)14-12-19)10-5-15-23-17-8-6-16(22-3)7-9-17;/h6-9H,4,11-15H2,1-3H3;1H/p-1. The lowest BCUT2D eigenvalue weighted by atomic mass is 9.92. The van der Waals surface area contributed by atoms with Gasteiger partial charge < -0.3 is 31.5 Å². The zero-order chi connectivity index (χ0) is 17.4. The second-order valence-electron chi connectivity index (χ2n) is 5.89. The molecule has 1 aromatic rings. The van der Waals surface area contributed by atoms with Gasteiger partial charge in [0.05, 0.1) is 7.11 Å². The molecule has 138 valence electrons. The summed E-state index contributed by atoms with van der Waals surface area (Å²) in [5.74, 6) is 7.47. The lowest BCUT2D eigenvalue weighted by Gasteiger charge is -2.36. The number of hydrogen-bond acceptors (Lipinski definition) is 5. The summed E-state index contributed by atoms with van der Waals surface area (Å²) in [5.41, 5.74) is -0.678. The van der Waals surface area contributed by atoms with Crippen LogP contribution in [-0.2, 0) is 9.53 Å². The van der Waals surface area contributed by atoms with E-state index in [4.69, 9.17) is 14.2 Å². The van der Waals surface area contributed by atoms with Gasteiger partial charge in [-0.2, -0.15) is 0 Å². The fourth-order valence-corrected chi connectivity index (χ4v) is 2.51. The van der Waals surface area contributed by atoms with E-state index >= 15 is 0 Å². The fraction of sp³-hybridized carbons (Fsp3) is 0.526. The first-order valence-electron chi connectivity index (χ1n) is 8.24. The second-order valence-corrected chi connectivity index (χ2v) is 5.89. The number of nitrogens with zero attached hydrogens (tertiary/aromatic N) is 1. The van der Waals surface area contributed by atoms with E-state index in [1.54, 1.807) is 14.0 Å². The first-order valence-corrected chi connectivity index (χ1v) is 8.24. The monoisotopic (exact) mass is 366 g/mol. The van der Waals surface area contributed by atoms with E-state index in [1.807, 2.05) is 24.3 Å². The van der Waals surface area contributed by atoms with E-state index < -0.39 is 5.60 Å². The average molecular weight is 367 g/mol. The van der Waals surface area contributed by atoms with Crippen LogP contribution in [0.1, 0.15) is 26.2 Å². The predicted molar refractivity (Wildman–Crippen MR) is 92.1 cm³/mol. The van der Waals surface area contributed by atoms with Crippen molar-refractivity contribution < 1.29 is 31.4 Å². The Bertz CT molecular complexity index is 598. The minimum atomic E-state index is -0.678. The van der Waals surface area contributed by atoms with E-state index in [2.05, 4.69) is 23.8 Å². The van der Waals surface area contributed by atoms with Crippen LogP contribution >= 0.6 is 0 Å². The van der Waals surface area contributed by atoms with Crippen molar-refractivity contribution in [3.8, 4) is 23.3 Å². The van der Waals surface area contributed by atoms with Gasteiger partial charge in [-0.3, -0.25) is 4.79 Å². The summed E-state index contributed by atoms with van der Waals surface area (Å²) in [7, 11) is 3.69. The highest BCUT2D eigenvalue weighted by Gasteiger charge is 2.35. The minimum absolute atomic E-state index is 0. The number of carbonyl (C=O) groups excluding carboxylic acids is 1. The van der Waals surface area contributed by atoms with E-state index in [0.717, 1.165) is 37.4 Å². The van der Waals surface area contributed by atoms with Crippen LogP contribution in [0, 0.1) is 11.8 Å². The zero-order valence-electron chi connectivity index (χ0n) is 15.0. The van der Waals surface area contributed by atoms with Crippen molar-refractivity contribution in [3.63, 3.8) is 0 Å². The number of hydrogen-bond donors (Lipinski definition) is 0. The maximum atomic E-state index is 11.7. The van der Waals surface area contributed by atoms with Crippen LogP contribution in [0.25, 0.3) is 0 Å². The Balaban J connectivity index is 0.00000312. The number of methoxy groups -OCH3 is 1. The van der Waals surface area contributed by atoms with E-state index in [0.29, 0.717) is 6.42 Å². The number of rotatable bonds is 5. The molecule has 0 amide bonds. The van der Waals surface area contributed by atoms with Crippen molar-refractivity contribution in [3.05, 3.63) is 24.3 Å². The summed E-state index contributed by atoms with van der Waals surface area (Å²) in [5, 5.41) is 0. The number of carbonyl (C=O) groups is 1. The van der Waals surface area contributed by atoms with Gasteiger partial charge in [0.25, 0.3) is 0 Å². The third-order valence-electron chi connectivity index (χ3n) is 4.08. The van der Waals surface area contributed by atoms with Crippen LogP contribution < -0.4 is 21.9 Å². The lowest BCUT2D eigenvalue weighted by molar-refractivity contribution is -0.157. The number of halogens is 1. The first-order chi connectivity index (χ1) is 11.6. The maximum Gasteiger partial charge on any atom is 0.307 e. The summed E-state index contributed by atoms with van der Waals surface area (Å²) in [6.45, 7) is 3.79. The van der Waals surface area contributed by atoms with E-state index in [1.165, 1.54) is 0 Å². The third kappa shape index (κ3) is 6.49. The summed E-state index contributed by atoms with van der Waals surface area (Å²) in [6.07, 6.45) is 1.82. The van der Waals surface area contributed by atoms with Crippen molar-refractivity contribution in [2.24, 2.45) is 0 Å². The molecule has 25 heavy (non-hydrogen) atoms. The number of ether oxygens (including phenoxy) is 3. The molecule has 1 heterocycles. The van der Waals surface area contributed by atoms with Crippen molar-refractivity contribution in [2.45, 2.75) is 31.8 Å². The third-order valence-corrected chi connectivity index (χ3v) is 4.08. The Morgan fingerprint density at radius 2 is 1.80 bits per heavy atom. The maximum absolute atomic E-state index is 11.7. The van der Waals surface area contributed by atoms with Crippen LogP contribution in [0.5, 0.6) is 11.5 Å². The van der Waals surface area contributed by atoms with Gasteiger partial charge in [0, 0.05) is 32.4 Å². The van der Waals surface area contributed by atoms with Gasteiger partial charge in [0.15, 0.2) is 5.60 Å². The predicted octanol–water partition coefficient (Wildman–Crippen LogP) is -0.501. The van der Waals surface area contributed by atoms with E-state index in [-0.39, 0.29) is 25.0 Å². The van der Waals surface area contributed by atoms with Crippen LogP contribution in [0.3, 0.4) is 0 Å². The largest absolute Gasteiger partial charge is 1.00 e. The summed E-state index contributed by atoms with van der Waals surface area (Å²) in [6, 6.07) is 7.35. The Morgan fingerprint density at radius 1 is 1.20 bits per heavy atom. The molecule has 1 aliphatic heterocycles. The molecule has 1 aromatic carbocycles.